The molecule has 0 aliphatic heterocycles. The number of hydrogen-bond acceptors (Lipinski definition) is 9. The summed E-state index contributed by atoms with van der Waals surface area (Å²) in [5.41, 5.74) is 0. The van der Waals surface area contributed by atoms with Crippen LogP contribution in [0.1, 0.15) is 0 Å². The molecule has 0 bridgehead atoms. The van der Waals surface area contributed by atoms with E-state index in [0.29, 0.717) is 4.90 Å². The number of nitrogens with one attached hydrogen (secondary N) is 1. The lowest BCUT2D eigenvalue weighted by Gasteiger charge is -2.17. The van der Waals surface area contributed by atoms with Crippen molar-refractivity contribution >= 4 is 33.1 Å². The van der Waals surface area contributed by atoms with Gasteiger partial charge < -0.3 is 40.4 Å². The van der Waals surface area contributed by atoms with E-state index in [0.717, 1.165) is 0 Å². The number of carboxylic acid groups (broad SMARTS) is 3. The highest BCUT2D eigenvalue weighted by atomic mass is 31.2. The Bertz CT molecular complexity index is 541. The van der Waals surface area contributed by atoms with Crippen LogP contribution in [0.4, 0.5) is 0 Å². The molecule has 17 nitrogen and oxygen atoms in total. The third kappa shape index (κ3) is 41.8. The van der Waals surface area contributed by atoms with Gasteiger partial charge in [-0.1, -0.05) is 0 Å². The van der Waals surface area contributed by atoms with Crippen LogP contribution in [0.15, 0.2) is 0 Å². The van der Waals surface area contributed by atoms with Gasteiger partial charge in [0.15, 0.2) is 0 Å². The molecule has 0 amide bonds. The Hall–Kier alpha value is -1.49. The lowest BCUT2D eigenvalue weighted by Crippen LogP contribution is -2.35. The summed E-state index contributed by atoms with van der Waals surface area (Å²) < 4.78 is 20.5. The Labute approximate surface area is 164 Å². The molecule has 0 saturated heterocycles. The lowest BCUT2D eigenvalue weighted by molar-refractivity contribution is -0.248. The predicted molar refractivity (Wildman–Crippen MR) is 93.9 cm³/mol. The van der Waals surface area contributed by atoms with Crippen LogP contribution < -0.4 is 5.32 Å². The minimum Gasteiger partial charge on any atom is -0.480 e. The highest BCUT2D eigenvalue weighted by Gasteiger charge is 2.22. The second-order valence-electron chi connectivity index (χ2n) is 4.56. The maximum Gasteiger partial charge on any atom is 0.339 e. The number of hydrogen-bond donors (Lipinski definition) is 8. The summed E-state index contributed by atoms with van der Waals surface area (Å²) in [7, 11) is -5.61. The van der Waals surface area contributed by atoms with Crippen molar-refractivity contribution in [1.29, 1.82) is 0 Å². The molecule has 0 saturated carbocycles. The molecular formula is C10H26N2O15P2. The molecule has 0 radical (unpaired) electrons. The molecule has 0 aromatic carbocycles. The van der Waals surface area contributed by atoms with Gasteiger partial charge in [0.2, 0.25) is 0 Å². The monoisotopic (exact) mass is 476 g/mol. The Morgan fingerprint density at radius 2 is 1.21 bits per heavy atom. The highest BCUT2D eigenvalue weighted by Crippen LogP contribution is 2.34. The Morgan fingerprint density at radius 3 is 1.41 bits per heavy atom. The number of nitrogens with zero attached hydrogens (tertiary/aromatic N) is 1. The van der Waals surface area contributed by atoms with Crippen LogP contribution in [-0.2, 0) is 33.3 Å². The van der Waals surface area contributed by atoms with Crippen LogP contribution >= 0.6 is 15.2 Å². The van der Waals surface area contributed by atoms with Crippen LogP contribution in [0.3, 0.4) is 0 Å². The molecule has 0 aliphatic rings. The average molecular weight is 476 g/mol. The highest BCUT2D eigenvalue weighted by molar-refractivity contribution is 7.51. The predicted octanol–water partition coefficient (Wildman–Crippen LogP) is -3.24. The van der Waals surface area contributed by atoms with Gasteiger partial charge in [0.05, 0.1) is 40.1 Å². The Balaban J connectivity index is -0.000000183. The molecule has 0 rings (SSSR count). The quantitative estimate of drug-likeness (QED) is 0.0825. The first kappa shape index (κ1) is 35.0. The second-order valence-corrected chi connectivity index (χ2v) is 7.82. The van der Waals surface area contributed by atoms with Crippen LogP contribution in [-0.4, -0.2) is 110 Å². The molecule has 0 spiro atoms. The van der Waals surface area contributed by atoms with Crippen molar-refractivity contribution in [3.63, 3.8) is 0 Å². The van der Waals surface area contributed by atoms with Gasteiger partial charge in [0, 0.05) is 0 Å². The molecule has 29 heavy (non-hydrogen) atoms. The van der Waals surface area contributed by atoms with Crippen molar-refractivity contribution in [3.05, 3.63) is 0 Å². The van der Waals surface area contributed by atoms with Crippen LogP contribution in [0.25, 0.3) is 0 Å². The zero-order valence-electron chi connectivity index (χ0n) is 15.4. The first-order valence-electron chi connectivity index (χ1n) is 6.78. The largest absolute Gasteiger partial charge is 0.480 e. The fourth-order valence-electron chi connectivity index (χ4n) is 1.11. The van der Waals surface area contributed by atoms with Crippen LogP contribution in [0, 0.1) is 0 Å². The Morgan fingerprint density at radius 1 is 0.828 bits per heavy atom. The van der Waals surface area contributed by atoms with Crippen LogP contribution in [0.2, 0.25) is 0 Å². The molecule has 0 aliphatic carbocycles. The lowest BCUT2D eigenvalue weighted by atomic mass is 10.5. The van der Waals surface area contributed by atoms with Gasteiger partial charge in [-0.3, -0.25) is 33.7 Å². The van der Waals surface area contributed by atoms with Gasteiger partial charge in [-0.25, -0.2) is 9.78 Å². The van der Waals surface area contributed by atoms with Crippen molar-refractivity contribution < 1.29 is 73.7 Å². The first-order valence-corrected chi connectivity index (χ1v) is 10.4. The van der Waals surface area contributed by atoms with E-state index in [-0.39, 0.29) is 5.48 Å². The van der Waals surface area contributed by atoms with Crippen molar-refractivity contribution in [1.82, 2.24) is 10.2 Å². The van der Waals surface area contributed by atoms with Gasteiger partial charge in [0.1, 0.15) is 6.29 Å². The molecule has 176 valence electrons. The number of carbonyl (C=O) groups is 3. The van der Waals surface area contributed by atoms with E-state index in [9.17, 15) is 23.5 Å². The number of aliphatic carboxylic acids is 3. The maximum absolute atomic E-state index is 10.5. The van der Waals surface area contributed by atoms with Gasteiger partial charge in [0.25, 0.3) is 0 Å². The van der Waals surface area contributed by atoms with Crippen molar-refractivity contribution in [2.45, 2.75) is 0 Å². The second kappa shape index (κ2) is 18.5. The molecular weight excluding hydrogens is 450 g/mol. The fourth-order valence-corrected chi connectivity index (χ4v) is 2.23. The van der Waals surface area contributed by atoms with Gasteiger partial charge >= 0.3 is 33.1 Å². The molecule has 0 fully saturated rings. The molecule has 10 N–H and O–H groups in total. The summed E-state index contributed by atoms with van der Waals surface area (Å²) in [6.45, 7) is -1.89. The number of rotatable bonds is 11. The molecule has 19 heteroatoms. The minimum atomic E-state index is -4.44. The SMILES string of the molecule is COOC.O.O=C(O)CN(CC(=O)O)CP(=O)(O)O.O=C(O)CNCP(=O)(O)O. The zero-order valence-corrected chi connectivity index (χ0v) is 17.2. The summed E-state index contributed by atoms with van der Waals surface area (Å²) >= 11 is 0. The fraction of sp³-hybridized carbons (Fsp3) is 0.700. The summed E-state index contributed by atoms with van der Waals surface area (Å²) in [6.07, 6.45) is -1.48. The standard InChI is InChI=1S/C5H10NO7P.C3H8NO5P.C2H6O2.H2O/c7-4(8)1-6(2-5(9)10)3-14(11,12)13;5-3(6)1-4-2-10(7,8)9;1-3-4-2;/h1-3H2,(H,7,8)(H,9,10)(H2,11,12,13);4H,1-2H2,(H,5,6)(H2,7,8,9);1-2H3;1H2. The van der Waals surface area contributed by atoms with E-state index >= 15 is 0 Å². The summed E-state index contributed by atoms with van der Waals surface area (Å²) in [6, 6.07) is 0. The van der Waals surface area contributed by atoms with Gasteiger partial charge in [-0.05, 0) is 0 Å². The smallest absolute Gasteiger partial charge is 0.339 e. The summed E-state index contributed by atoms with van der Waals surface area (Å²) in [4.78, 5) is 72.2. The van der Waals surface area contributed by atoms with E-state index in [2.05, 4.69) is 15.1 Å². The van der Waals surface area contributed by atoms with E-state index in [4.69, 9.17) is 34.9 Å². The third-order valence-corrected chi connectivity index (χ3v) is 3.27. The van der Waals surface area contributed by atoms with Crippen molar-refractivity contribution in [2.75, 3.05) is 46.4 Å². The van der Waals surface area contributed by atoms with Crippen LogP contribution in [0.5, 0.6) is 0 Å². The summed E-state index contributed by atoms with van der Waals surface area (Å²) in [5.74, 6) is -3.84. The average Bonchev–Trinajstić information content (AvgIpc) is 2.43. The molecule has 0 atom stereocenters. The molecule has 0 heterocycles. The van der Waals surface area contributed by atoms with Gasteiger partial charge in [-0.2, -0.15) is 0 Å². The van der Waals surface area contributed by atoms with E-state index in [1.54, 1.807) is 0 Å². The normalized spacial score (nSPS) is 10.6. The summed E-state index contributed by atoms with van der Waals surface area (Å²) in [5, 5.41) is 26.7. The van der Waals surface area contributed by atoms with Gasteiger partial charge in [-0.15, -0.1) is 0 Å². The third-order valence-electron chi connectivity index (χ3n) is 1.86. The van der Waals surface area contributed by atoms with E-state index in [1.807, 2.05) is 0 Å². The zero-order chi connectivity index (χ0) is 23.0. The van der Waals surface area contributed by atoms with E-state index in [1.165, 1.54) is 14.2 Å². The topological polar surface area (TPSA) is 292 Å². The van der Waals surface area contributed by atoms with Crippen molar-refractivity contribution in [2.24, 2.45) is 0 Å². The minimum absolute atomic E-state index is 0. The molecule has 0 aromatic rings. The first-order chi connectivity index (χ1) is 12.5. The number of carboxylic acids is 3. The van der Waals surface area contributed by atoms with E-state index < -0.39 is 65.3 Å². The molecule has 0 unspecified atom stereocenters. The van der Waals surface area contributed by atoms with Crippen molar-refractivity contribution in [3.8, 4) is 0 Å². The maximum atomic E-state index is 10.5. The molecule has 0 aromatic heterocycles. The Kier molecular flexibility index (Phi) is 22.4.